The number of rotatable bonds is 6. The minimum absolute atomic E-state index is 0.179. The number of fused-ring (bicyclic) bond motifs is 1. The molecule has 0 unspecified atom stereocenters. The molecule has 0 aliphatic rings. The van der Waals surface area contributed by atoms with Crippen LogP contribution in [0, 0.1) is 6.92 Å². The molecule has 10 heteroatoms. The van der Waals surface area contributed by atoms with Crippen LogP contribution in [0.5, 0.6) is 5.88 Å². The lowest BCUT2D eigenvalue weighted by atomic mass is 9.98. The zero-order valence-corrected chi connectivity index (χ0v) is 19.9. The van der Waals surface area contributed by atoms with Crippen molar-refractivity contribution in [3.63, 3.8) is 0 Å². The van der Waals surface area contributed by atoms with Crippen LogP contribution in [0.15, 0.2) is 43.4 Å². The lowest BCUT2D eigenvalue weighted by Crippen LogP contribution is -2.13. The van der Waals surface area contributed by atoms with Crippen molar-refractivity contribution < 1.29 is 14.6 Å². The molecule has 9 nitrogen and oxygen atoms in total. The normalized spacial score (nSPS) is 11.1. The largest absolute Gasteiger partial charge is 0.480 e. The fourth-order valence-electron chi connectivity index (χ4n) is 3.67. The molecule has 0 saturated heterocycles. The number of nitrogens with one attached hydrogen (secondary N) is 1. The molecule has 34 heavy (non-hydrogen) atoms. The van der Waals surface area contributed by atoms with Crippen LogP contribution in [0.4, 0.5) is 10.7 Å². The average molecular weight is 479 g/mol. The summed E-state index contributed by atoms with van der Waals surface area (Å²) in [7, 11) is 1.55. The molecule has 0 amide bonds. The van der Waals surface area contributed by atoms with E-state index >= 15 is 0 Å². The summed E-state index contributed by atoms with van der Waals surface area (Å²) in [6, 6.07) is 5.56. The number of hydrogen-bond donors (Lipinski definition) is 2. The zero-order chi connectivity index (χ0) is 24.6. The van der Waals surface area contributed by atoms with Crippen LogP contribution in [0.1, 0.15) is 30.7 Å². The number of hydrogen-bond acceptors (Lipinski definition) is 7. The molecule has 0 aromatic carbocycles. The van der Waals surface area contributed by atoms with Gasteiger partial charge in [-0.25, -0.2) is 19.3 Å². The predicted octanol–water partition coefficient (Wildman–Crippen LogP) is 5.27. The summed E-state index contributed by atoms with van der Waals surface area (Å²) >= 11 is 6.13. The fraction of sp³-hybridized carbons (Fsp3) is 0.208. The van der Waals surface area contributed by atoms with Crippen molar-refractivity contribution in [1.82, 2.24) is 24.5 Å². The second-order valence-electron chi connectivity index (χ2n) is 7.94. The first kappa shape index (κ1) is 23.2. The number of halogens is 1. The van der Waals surface area contributed by atoms with E-state index in [4.69, 9.17) is 21.3 Å². The highest BCUT2D eigenvalue weighted by molar-refractivity contribution is 6.31. The quantitative estimate of drug-likeness (QED) is 0.385. The summed E-state index contributed by atoms with van der Waals surface area (Å²) in [6.45, 7) is 10.1. The Labute approximate surface area is 201 Å². The van der Waals surface area contributed by atoms with Gasteiger partial charge in [0.15, 0.2) is 0 Å². The van der Waals surface area contributed by atoms with Gasteiger partial charge in [0.25, 0.3) is 0 Å². The number of anilines is 1. The highest BCUT2D eigenvalue weighted by atomic mass is 35.5. The lowest BCUT2D eigenvalue weighted by molar-refractivity contribution is 0.197. The molecule has 4 heterocycles. The summed E-state index contributed by atoms with van der Waals surface area (Å²) in [6.07, 6.45) is 3.42. The lowest BCUT2D eigenvalue weighted by Gasteiger charge is -2.13. The van der Waals surface area contributed by atoms with Gasteiger partial charge in [-0.05, 0) is 38.5 Å². The molecule has 0 spiro atoms. The van der Waals surface area contributed by atoms with Gasteiger partial charge >= 0.3 is 6.09 Å². The number of carboxylic acid groups (broad SMARTS) is 1. The predicted molar refractivity (Wildman–Crippen MR) is 132 cm³/mol. The molecular weight excluding hydrogens is 456 g/mol. The Bertz CT molecular complexity index is 1430. The van der Waals surface area contributed by atoms with Gasteiger partial charge in [0.05, 0.1) is 23.4 Å². The first-order valence-corrected chi connectivity index (χ1v) is 10.8. The Morgan fingerprint density at radius 1 is 1.21 bits per heavy atom. The Morgan fingerprint density at radius 3 is 2.62 bits per heavy atom. The molecule has 0 aliphatic heterocycles. The smallest absolute Gasteiger partial charge is 0.417 e. The Hall–Kier alpha value is -3.98. The summed E-state index contributed by atoms with van der Waals surface area (Å²) in [5.74, 6) is 0.876. The number of pyridine rings is 2. The topological polar surface area (TPSA) is 115 Å². The van der Waals surface area contributed by atoms with Crippen molar-refractivity contribution in [2.45, 2.75) is 26.8 Å². The third-order valence-electron chi connectivity index (χ3n) is 5.19. The number of nitrogens with zero attached hydrogens (tertiary/aromatic N) is 5. The maximum atomic E-state index is 11.7. The minimum Gasteiger partial charge on any atom is -0.480 e. The number of carbonyl (C=O) groups is 1. The van der Waals surface area contributed by atoms with Crippen molar-refractivity contribution in [3.05, 3.63) is 65.2 Å². The number of aromatic nitrogens is 5. The number of methoxy groups -OCH3 is 1. The number of ether oxygens (including phenoxy) is 1. The van der Waals surface area contributed by atoms with E-state index in [0.717, 1.165) is 10.1 Å². The molecule has 2 N–H and O–H groups in total. The third kappa shape index (κ3) is 4.29. The molecule has 0 saturated carbocycles. The van der Waals surface area contributed by atoms with E-state index < -0.39 is 6.09 Å². The average Bonchev–Trinajstić information content (AvgIpc) is 3.17. The van der Waals surface area contributed by atoms with E-state index in [1.165, 1.54) is 12.4 Å². The van der Waals surface area contributed by atoms with E-state index in [1.54, 1.807) is 19.4 Å². The van der Waals surface area contributed by atoms with Gasteiger partial charge in [-0.1, -0.05) is 24.2 Å². The van der Waals surface area contributed by atoms with Gasteiger partial charge in [0, 0.05) is 46.8 Å². The van der Waals surface area contributed by atoms with Crippen LogP contribution < -0.4 is 10.1 Å². The molecule has 0 aliphatic carbocycles. The third-order valence-corrected chi connectivity index (χ3v) is 5.40. The molecule has 174 valence electrons. The van der Waals surface area contributed by atoms with Crippen molar-refractivity contribution in [2.75, 3.05) is 12.4 Å². The standard InChI is InChI=1S/C24H23ClN6O3/c1-12(2)28-23-27-10-18(22(30-23)34-5)20-7-6-16(14(4)29-20)13(3)19-11-31(24(32)33)21-17(19)8-15(25)9-26-21/h6-12H,3H2,1-2,4-5H3,(H,32,33)(H,27,28,30). The summed E-state index contributed by atoms with van der Waals surface area (Å²) in [5.41, 5.74) is 4.23. The summed E-state index contributed by atoms with van der Waals surface area (Å²) in [4.78, 5) is 29.4. The SMILES string of the molecule is C=C(c1ccc(-c2cnc(NC(C)C)nc2OC)nc1C)c1cn(C(=O)O)c2ncc(Cl)cc12. The Morgan fingerprint density at radius 2 is 1.97 bits per heavy atom. The van der Waals surface area contributed by atoms with Gasteiger partial charge in [0.1, 0.15) is 5.65 Å². The Balaban J connectivity index is 1.75. The molecule has 0 atom stereocenters. The second kappa shape index (κ2) is 9.11. The second-order valence-corrected chi connectivity index (χ2v) is 8.38. The first-order valence-electron chi connectivity index (χ1n) is 10.4. The van der Waals surface area contributed by atoms with Crippen molar-refractivity contribution in [2.24, 2.45) is 0 Å². The van der Waals surface area contributed by atoms with Crippen molar-refractivity contribution in [3.8, 4) is 17.1 Å². The zero-order valence-electron chi connectivity index (χ0n) is 19.1. The van der Waals surface area contributed by atoms with Crippen LogP contribution in [-0.2, 0) is 0 Å². The van der Waals surface area contributed by atoms with Crippen molar-refractivity contribution in [1.29, 1.82) is 0 Å². The Kier molecular flexibility index (Phi) is 6.21. The van der Waals surface area contributed by atoms with Gasteiger partial charge < -0.3 is 15.2 Å². The maximum absolute atomic E-state index is 11.7. The molecule has 0 bridgehead atoms. The van der Waals surface area contributed by atoms with Gasteiger partial charge in [0.2, 0.25) is 11.8 Å². The maximum Gasteiger partial charge on any atom is 0.417 e. The summed E-state index contributed by atoms with van der Waals surface area (Å²) in [5, 5.41) is 13.7. The van der Waals surface area contributed by atoms with Gasteiger partial charge in [-0.15, -0.1) is 0 Å². The van der Waals surface area contributed by atoms with Crippen LogP contribution in [0.25, 0.3) is 27.9 Å². The van der Waals surface area contributed by atoms with Crippen LogP contribution in [0.2, 0.25) is 5.02 Å². The fourth-order valence-corrected chi connectivity index (χ4v) is 3.83. The first-order chi connectivity index (χ1) is 16.2. The highest BCUT2D eigenvalue weighted by Gasteiger charge is 2.19. The highest BCUT2D eigenvalue weighted by Crippen LogP contribution is 2.34. The molecule has 0 radical (unpaired) electrons. The molecule has 4 rings (SSSR count). The van der Waals surface area contributed by atoms with Crippen LogP contribution in [-0.4, -0.2) is 48.9 Å². The van der Waals surface area contributed by atoms with E-state index in [1.807, 2.05) is 32.9 Å². The molecular formula is C24H23ClN6O3. The number of aryl methyl sites for hydroxylation is 1. The minimum atomic E-state index is -1.15. The van der Waals surface area contributed by atoms with Gasteiger partial charge in [-0.3, -0.25) is 4.98 Å². The monoisotopic (exact) mass is 478 g/mol. The van der Waals surface area contributed by atoms with E-state index in [-0.39, 0.29) is 11.7 Å². The molecule has 4 aromatic rings. The molecule has 4 aromatic heterocycles. The molecule has 0 fully saturated rings. The van der Waals surface area contributed by atoms with E-state index in [2.05, 4.69) is 26.8 Å². The summed E-state index contributed by atoms with van der Waals surface area (Å²) < 4.78 is 6.52. The van der Waals surface area contributed by atoms with Crippen molar-refractivity contribution >= 4 is 40.2 Å². The van der Waals surface area contributed by atoms with Gasteiger partial charge in [-0.2, -0.15) is 4.98 Å². The van der Waals surface area contributed by atoms with Crippen LogP contribution in [0.3, 0.4) is 0 Å². The van der Waals surface area contributed by atoms with Crippen LogP contribution >= 0.6 is 11.6 Å². The van der Waals surface area contributed by atoms with E-state index in [0.29, 0.717) is 50.3 Å². The van der Waals surface area contributed by atoms with E-state index in [9.17, 15) is 9.90 Å².